The molecule has 1 aromatic rings. The summed E-state index contributed by atoms with van der Waals surface area (Å²) in [5.74, 6) is 0.918. The topological polar surface area (TPSA) is 23.5 Å². The van der Waals surface area contributed by atoms with Gasteiger partial charge in [-0.3, -0.25) is 4.90 Å². The molecule has 0 spiro atoms. The monoisotopic (exact) mass is 293 g/mol. The van der Waals surface area contributed by atoms with E-state index in [1.54, 1.807) is 0 Å². The Hall–Kier alpha value is -0.570. The standard InChI is InChI=1S/C17H24ClNO/c18-15-7-3-2-6-14(15)17(20)10-12-19-11-9-13-5-1-4-8-16(13)19/h2-3,6-7,13,16-17,20H,1,4-5,8-12H2. The summed E-state index contributed by atoms with van der Waals surface area (Å²) in [7, 11) is 0. The molecule has 3 rings (SSSR count). The van der Waals surface area contributed by atoms with Crippen LogP contribution in [0, 0.1) is 5.92 Å². The van der Waals surface area contributed by atoms with Crippen LogP contribution in [-0.2, 0) is 0 Å². The van der Waals surface area contributed by atoms with Crippen LogP contribution in [0.4, 0.5) is 0 Å². The molecule has 2 nitrogen and oxygen atoms in total. The maximum absolute atomic E-state index is 10.3. The number of likely N-dealkylation sites (tertiary alicyclic amines) is 1. The van der Waals surface area contributed by atoms with Gasteiger partial charge in [0.1, 0.15) is 0 Å². The average molecular weight is 294 g/mol. The molecule has 1 saturated heterocycles. The Labute approximate surface area is 126 Å². The van der Waals surface area contributed by atoms with Gasteiger partial charge in [-0.2, -0.15) is 0 Å². The van der Waals surface area contributed by atoms with Crippen molar-refractivity contribution in [3.8, 4) is 0 Å². The second kappa shape index (κ2) is 6.46. The van der Waals surface area contributed by atoms with E-state index in [-0.39, 0.29) is 0 Å². The van der Waals surface area contributed by atoms with E-state index >= 15 is 0 Å². The van der Waals surface area contributed by atoms with Crippen LogP contribution < -0.4 is 0 Å². The maximum Gasteiger partial charge on any atom is 0.0816 e. The lowest BCUT2D eigenvalue weighted by molar-refractivity contribution is 0.123. The van der Waals surface area contributed by atoms with Crippen LogP contribution in [0.5, 0.6) is 0 Å². The van der Waals surface area contributed by atoms with Gasteiger partial charge in [0.2, 0.25) is 0 Å². The van der Waals surface area contributed by atoms with Gasteiger partial charge in [-0.15, -0.1) is 0 Å². The summed E-state index contributed by atoms with van der Waals surface area (Å²) in [5, 5.41) is 11.0. The van der Waals surface area contributed by atoms with Crippen molar-refractivity contribution < 1.29 is 5.11 Å². The molecular formula is C17H24ClNO. The number of nitrogens with zero attached hydrogens (tertiary/aromatic N) is 1. The summed E-state index contributed by atoms with van der Waals surface area (Å²) in [4.78, 5) is 2.60. The maximum atomic E-state index is 10.3. The number of rotatable bonds is 4. The van der Waals surface area contributed by atoms with Crippen molar-refractivity contribution in [3.05, 3.63) is 34.9 Å². The summed E-state index contributed by atoms with van der Waals surface area (Å²) in [5.41, 5.74) is 0.869. The highest BCUT2D eigenvalue weighted by molar-refractivity contribution is 6.31. The average Bonchev–Trinajstić information content (AvgIpc) is 2.88. The van der Waals surface area contributed by atoms with E-state index in [0.29, 0.717) is 5.02 Å². The molecule has 3 atom stereocenters. The van der Waals surface area contributed by atoms with Gasteiger partial charge in [0, 0.05) is 17.6 Å². The Morgan fingerprint density at radius 2 is 2.00 bits per heavy atom. The molecule has 0 amide bonds. The number of aliphatic hydroxyl groups excluding tert-OH is 1. The largest absolute Gasteiger partial charge is 0.388 e. The second-order valence-corrected chi connectivity index (χ2v) is 6.67. The van der Waals surface area contributed by atoms with Gasteiger partial charge in [0.05, 0.1) is 6.10 Å². The molecule has 0 radical (unpaired) electrons. The smallest absolute Gasteiger partial charge is 0.0816 e. The van der Waals surface area contributed by atoms with Gasteiger partial charge in [-0.25, -0.2) is 0 Å². The third-order valence-electron chi connectivity index (χ3n) is 5.08. The van der Waals surface area contributed by atoms with Gasteiger partial charge in [0.25, 0.3) is 0 Å². The zero-order valence-electron chi connectivity index (χ0n) is 12.0. The molecule has 110 valence electrons. The van der Waals surface area contributed by atoms with Crippen molar-refractivity contribution in [2.24, 2.45) is 5.92 Å². The predicted molar refractivity (Wildman–Crippen MR) is 83.0 cm³/mol. The fourth-order valence-electron chi connectivity index (χ4n) is 3.97. The summed E-state index contributed by atoms with van der Waals surface area (Å²) in [6.07, 6.45) is 7.26. The predicted octanol–water partition coefficient (Wildman–Crippen LogP) is 4.03. The number of halogens is 1. The number of hydrogen-bond donors (Lipinski definition) is 1. The number of aliphatic hydroxyl groups is 1. The van der Waals surface area contributed by atoms with E-state index < -0.39 is 6.10 Å². The van der Waals surface area contributed by atoms with Gasteiger partial charge in [0.15, 0.2) is 0 Å². The van der Waals surface area contributed by atoms with E-state index in [9.17, 15) is 5.11 Å². The molecule has 1 saturated carbocycles. The van der Waals surface area contributed by atoms with Crippen LogP contribution >= 0.6 is 11.6 Å². The van der Waals surface area contributed by atoms with E-state index in [2.05, 4.69) is 4.90 Å². The fourth-order valence-corrected chi connectivity index (χ4v) is 4.23. The van der Waals surface area contributed by atoms with Crippen LogP contribution in [-0.4, -0.2) is 29.1 Å². The third kappa shape index (κ3) is 3.03. The minimum Gasteiger partial charge on any atom is -0.388 e. The first-order chi connectivity index (χ1) is 9.75. The quantitative estimate of drug-likeness (QED) is 0.906. The van der Waals surface area contributed by atoms with Crippen molar-refractivity contribution in [2.75, 3.05) is 13.1 Å². The van der Waals surface area contributed by atoms with Crippen molar-refractivity contribution in [1.29, 1.82) is 0 Å². The Morgan fingerprint density at radius 3 is 2.85 bits per heavy atom. The Balaban J connectivity index is 1.56. The SMILES string of the molecule is OC(CCN1CCC2CCCCC21)c1ccccc1Cl. The molecule has 0 bridgehead atoms. The number of hydrogen-bond acceptors (Lipinski definition) is 2. The summed E-state index contributed by atoms with van der Waals surface area (Å²) in [6.45, 7) is 2.21. The van der Waals surface area contributed by atoms with Gasteiger partial charge >= 0.3 is 0 Å². The molecule has 2 fully saturated rings. The summed E-state index contributed by atoms with van der Waals surface area (Å²) in [6, 6.07) is 8.42. The van der Waals surface area contributed by atoms with Crippen LogP contribution in [0.25, 0.3) is 0 Å². The van der Waals surface area contributed by atoms with Crippen LogP contribution in [0.3, 0.4) is 0 Å². The highest BCUT2D eigenvalue weighted by Crippen LogP contribution is 2.36. The normalized spacial score (nSPS) is 28.3. The highest BCUT2D eigenvalue weighted by Gasteiger charge is 2.35. The molecule has 1 aliphatic heterocycles. The van der Waals surface area contributed by atoms with Crippen molar-refractivity contribution in [3.63, 3.8) is 0 Å². The second-order valence-electron chi connectivity index (χ2n) is 6.26. The summed E-state index contributed by atoms with van der Waals surface area (Å²) < 4.78 is 0. The van der Waals surface area contributed by atoms with Crippen LogP contribution in [0.15, 0.2) is 24.3 Å². The molecule has 20 heavy (non-hydrogen) atoms. The molecule has 3 unspecified atom stereocenters. The minimum atomic E-state index is -0.439. The van der Waals surface area contributed by atoms with E-state index in [4.69, 9.17) is 11.6 Å². The lowest BCUT2D eigenvalue weighted by atomic mass is 9.85. The molecule has 1 aromatic carbocycles. The first kappa shape index (κ1) is 14.4. The lowest BCUT2D eigenvalue weighted by Crippen LogP contribution is -2.35. The minimum absolute atomic E-state index is 0.439. The number of benzene rings is 1. The van der Waals surface area contributed by atoms with Crippen LogP contribution in [0.1, 0.15) is 50.2 Å². The molecule has 1 N–H and O–H groups in total. The number of fused-ring (bicyclic) bond motifs is 1. The molecule has 3 heteroatoms. The molecular weight excluding hydrogens is 270 g/mol. The van der Waals surface area contributed by atoms with Gasteiger partial charge in [-0.1, -0.05) is 42.6 Å². The highest BCUT2D eigenvalue weighted by atomic mass is 35.5. The van der Waals surface area contributed by atoms with E-state index in [1.807, 2.05) is 24.3 Å². The molecule has 1 heterocycles. The zero-order chi connectivity index (χ0) is 13.9. The van der Waals surface area contributed by atoms with E-state index in [1.165, 1.54) is 38.6 Å². The van der Waals surface area contributed by atoms with Crippen molar-refractivity contribution in [2.45, 2.75) is 50.7 Å². The van der Waals surface area contributed by atoms with Gasteiger partial charge in [-0.05, 0) is 49.8 Å². The molecule has 1 aliphatic carbocycles. The Bertz CT molecular complexity index is 450. The molecule has 0 aromatic heterocycles. The van der Waals surface area contributed by atoms with Gasteiger partial charge < -0.3 is 5.11 Å². The van der Waals surface area contributed by atoms with Crippen molar-refractivity contribution >= 4 is 11.6 Å². The summed E-state index contributed by atoms with van der Waals surface area (Å²) >= 11 is 6.15. The first-order valence-electron chi connectivity index (χ1n) is 7.92. The fraction of sp³-hybridized carbons (Fsp3) is 0.647. The van der Waals surface area contributed by atoms with E-state index in [0.717, 1.165) is 30.5 Å². The third-order valence-corrected chi connectivity index (χ3v) is 5.42. The van der Waals surface area contributed by atoms with Crippen molar-refractivity contribution in [1.82, 2.24) is 4.90 Å². The molecule has 2 aliphatic rings. The lowest BCUT2D eigenvalue weighted by Gasteiger charge is -2.32. The Kier molecular flexibility index (Phi) is 4.65. The van der Waals surface area contributed by atoms with Crippen LogP contribution in [0.2, 0.25) is 5.02 Å². The first-order valence-corrected chi connectivity index (χ1v) is 8.30. The zero-order valence-corrected chi connectivity index (χ0v) is 12.7. The Morgan fingerprint density at radius 1 is 1.20 bits per heavy atom.